The first-order chi connectivity index (χ1) is 17.6. The lowest BCUT2D eigenvalue weighted by atomic mass is 9.99. The van der Waals surface area contributed by atoms with Crippen LogP contribution in [0.3, 0.4) is 0 Å². The number of benzene rings is 3. The molecule has 0 radical (unpaired) electrons. The van der Waals surface area contributed by atoms with Gasteiger partial charge in [0.1, 0.15) is 5.82 Å². The largest absolute Gasteiger partial charge is 0.465 e. The van der Waals surface area contributed by atoms with E-state index in [0.29, 0.717) is 6.54 Å². The maximum absolute atomic E-state index is 12.3. The molecule has 0 saturated carbocycles. The zero-order valence-electron chi connectivity index (χ0n) is 20.6. The van der Waals surface area contributed by atoms with E-state index in [1.807, 2.05) is 60.7 Å². The fourth-order valence-corrected chi connectivity index (χ4v) is 4.13. The number of esters is 2. The molecule has 0 bridgehead atoms. The van der Waals surface area contributed by atoms with E-state index in [1.54, 1.807) is 13.8 Å². The minimum atomic E-state index is -0.971. The molecule has 0 aliphatic heterocycles. The molecule has 7 heteroatoms. The van der Waals surface area contributed by atoms with Crippen molar-refractivity contribution in [2.75, 3.05) is 18.5 Å². The number of fused-ring (bicyclic) bond motifs is 1. The lowest BCUT2D eigenvalue weighted by molar-refractivity contribution is -0.161. The van der Waals surface area contributed by atoms with Crippen LogP contribution in [-0.4, -0.2) is 34.7 Å². The number of rotatable bonds is 11. The zero-order valence-corrected chi connectivity index (χ0v) is 20.6. The van der Waals surface area contributed by atoms with Crippen LogP contribution in [0.15, 0.2) is 78.9 Å². The minimum Gasteiger partial charge on any atom is -0.465 e. The van der Waals surface area contributed by atoms with Crippen molar-refractivity contribution in [2.45, 2.75) is 33.4 Å². The van der Waals surface area contributed by atoms with E-state index in [0.717, 1.165) is 34.7 Å². The quantitative estimate of drug-likeness (QED) is 0.238. The van der Waals surface area contributed by atoms with Gasteiger partial charge in [-0.1, -0.05) is 54.6 Å². The van der Waals surface area contributed by atoms with Crippen LogP contribution in [0.5, 0.6) is 0 Å². The Labute approximate surface area is 211 Å². The molecule has 0 aliphatic carbocycles. The Kier molecular flexibility index (Phi) is 8.34. The van der Waals surface area contributed by atoms with Gasteiger partial charge in [0, 0.05) is 12.2 Å². The number of para-hydroxylation sites is 2. The third kappa shape index (κ3) is 6.10. The third-order valence-electron chi connectivity index (χ3n) is 5.90. The Balaban J connectivity index is 1.46. The lowest BCUT2D eigenvalue weighted by Crippen LogP contribution is -2.30. The average Bonchev–Trinajstić information content (AvgIpc) is 3.24. The third-order valence-corrected chi connectivity index (χ3v) is 5.90. The molecule has 0 amide bonds. The van der Waals surface area contributed by atoms with Crippen molar-refractivity contribution in [1.29, 1.82) is 0 Å². The van der Waals surface area contributed by atoms with Crippen molar-refractivity contribution in [2.24, 2.45) is 5.92 Å². The Morgan fingerprint density at radius 1 is 0.833 bits per heavy atom. The van der Waals surface area contributed by atoms with E-state index < -0.39 is 17.9 Å². The van der Waals surface area contributed by atoms with Gasteiger partial charge in [-0.2, -0.15) is 0 Å². The highest BCUT2D eigenvalue weighted by atomic mass is 16.6. The molecule has 0 aliphatic rings. The van der Waals surface area contributed by atoms with Gasteiger partial charge in [0.2, 0.25) is 0 Å². The molecule has 3 aromatic carbocycles. The van der Waals surface area contributed by atoms with Crippen LogP contribution < -0.4 is 5.32 Å². The van der Waals surface area contributed by atoms with Gasteiger partial charge in [-0.3, -0.25) is 9.59 Å². The molecule has 0 fully saturated rings. The van der Waals surface area contributed by atoms with Gasteiger partial charge < -0.3 is 19.4 Å². The molecular weight excluding hydrogens is 454 g/mol. The molecule has 36 heavy (non-hydrogen) atoms. The number of nitrogens with zero attached hydrogens (tertiary/aromatic N) is 2. The average molecular weight is 486 g/mol. The maximum atomic E-state index is 12.3. The molecule has 1 N–H and O–H groups in total. The predicted octanol–water partition coefficient (Wildman–Crippen LogP) is 4.98. The highest BCUT2D eigenvalue weighted by molar-refractivity contribution is 5.95. The molecule has 0 spiro atoms. The summed E-state index contributed by atoms with van der Waals surface area (Å²) in [5.74, 6) is -1.15. The van der Waals surface area contributed by atoms with Crippen LogP contribution in [-0.2, 0) is 38.6 Å². The molecule has 0 saturated heterocycles. The summed E-state index contributed by atoms with van der Waals surface area (Å²) >= 11 is 0. The fourth-order valence-electron chi connectivity index (χ4n) is 4.13. The first-order valence-electron chi connectivity index (χ1n) is 12.2. The molecular formula is C29H31N3O4. The summed E-state index contributed by atoms with van der Waals surface area (Å²) in [6.45, 7) is 5.15. The zero-order chi connectivity index (χ0) is 25.3. The number of ether oxygens (including phenoxy) is 2. The van der Waals surface area contributed by atoms with Gasteiger partial charge in [0.25, 0.3) is 0 Å². The number of aromatic nitrogens is 2. The second-order valence-corrected chi connectivity index (χ2v) is 8.40. The summed E-state index contributed by atoms with van der Waals surface area (Å²) < 4.78 is 12.4. The molecule has 0 unspecified atom stereocenters. The van der Waals surface area contributed by atoms with Gasteiger partial charge in [-0.05, 0) is 55.7 Å². The highest BCUT2D eigenvalue weighted by Crippen LogP contribution is 2.20. The van der Waals surface area contributed by atoms with Crippen molar-refractivity contribution in [1.82, 2.24) is 9.55 Å². The van der Waals surface area contributed by atoms with Crippen molar-refractivity contribution in [3.05, 3.63) is 95.8 Å². The monoisotopic (exact) mass is 485 g/mol. The fraction of sp³-hybridized carbons (Fsp3) is 0.276. The standard InChI is InChI=1S/C29H31N3O4/c1-3-35-28(33)24(29(34)36-4-2)18-21-14-16-23(17-15-21)30-19-27-31-25-12-8-9-13-26(25)32(27)20-22-10-6-5-7-11-22/h5-17,24,30H,3-4,18-20H2,1-2H3. The van der Waals surface area contributed by atoms with Crippen molar-refractivity contribution >= 4 is 28.7 Å². The molecule has 7 nitrogen and oxygen atoms in total. The Morgan fingerprint density at radius 3 is 2.14 bits per heavy atom. The first kappa shape index (κ1) is 25.0. The Morgan fingerprint density at radius 2 is 1.47 bits per heavy atom. The van der Waals surface area contributed by atoms with Gasteiger partial charge in [-0.15, -0.1) is 0 Å². The second-order valence-electron chi connectivity index (χ2n) is 8.40. The van der Waals surface area contributed by atoms with E-state index in [4.69, 9.17) is 14.5 Å². The number of nitrogens with one attached hydrogen (secondary N) is 1. The van der Waals surface area contributed by atoms with Gasteiger partial charge in [0.05, 0.1) is 30.8 Å². The smallest absolute Gasteiger partial charge is 0.320 e. The van der Waals surface area contributed by atoms with Crippen LogP contribution in [0, 0.1) is 5.92 Å². The SMILES string of the molecule is CCOC(=O)C(Cc1ccc(NCc2nc3ccccc3n2Cc2ccccc2)cc1)C(=O)OCC. The summed E-state index contributed by atoms with van der Waals surface area (Å²) in [4.78, 5) is 29.4. The summed E-state index contributed by atoms with van der Waals surface area (Å²) in [7, 11) is 0. The summed E-state index contributed by atoms with van der Waals surface area (Å²) in [5.41, 5.74) is 5.04. The molecule has 1 aromatic heterocycles. The van der Waals surface area contributed by atoms with Crippen LogP contribution >= 0.6 is 0 Å². The van der Waals surface area contributed by atoms with E-state index in [1.165, 1.54) is 5.56 Å². The van der Waals surface area contributed by atoms with Gasteiger partial charge in [0.15, 0.2) is 5.92 Å². The number of anilines is 1. The van der Waals surface area contributed by atoms with Crippen molar-refractivity contribution in [3.63, 3.8) is 0 Å². The molecule has 186 valence electrons. The summed E-state index contributed by atoms with van der Waals surface area (Å²) in [6, 6.07) is 26.2. The van der Waals surface area contributed by atoms with E-state index in [2.05, 4.69) is 28.1 Å². The van der Waals surface area contributed by atoms with Crippen molar-refractivity contribution < 1.29 is 19.1 Å². The van der Waals surface area contributed by atoms with Crippen LogP contribution in [0.1, 0.15) is 30.8 Å². The Bertz CT molecular complexity index is 1280. The predicted molar refractivity (Wildman–Crippen MR) is 140 cm³/mol. The number of hydrogen-bond acceptors (Lipinski definition) is 6. The van der Waals surface area contributed by atoms with E-state index in [9.17, 15) is 9.59 Å². The molecule has 1 heterocycles. The maximum Gasteiger partial charge on any atom is 0.320 e. The van der Waals surface area contributed by atoms with Gasteiger partial charge >= 0.3 is 11.9 Å². The Hall–Kier alpha value is -4.13. The van der Waals surface area contributed by atoms with Crippen LogP contribution in [0.4, 0.5) is 5.69 Å². The number of hydrogen-bond donors (Lipinski definition) is 1. The molecule has 4 aromatic rings. The second kappa shape index (κ2) is 12.0. The molecule has 4 rings (SSSR count). The normalized spacial score (nSPS) is 11.0. The van der Waals surface area contributed by atoms with Crippen LogP contribution in [0.25, 0.3) is 11.0 Å². The highest BCUT2D eigenvalue weighted by Gasteiger charge is 2.29. The number of carbonyl (C=O) groups is 2. The topological polar surface area (TPSA) is 82.5 Å². The van der Waals surface area contributed by atoms with E-state index in [-0.39, 0.29) is 19.6 Å². The molecule has 0 atom stereocenters. The minimum absolute atomic E-state index is 0.215. The van der Waals surface area contributed by atoms with Gasteiger partial charge in [-0.25, -0.2) is 4.98 Å². The summed E-state index contributed by atoms with van der Waals surface area (Å²) in [5, 5.41) is 3.45. The lowest BCUT2D eigenvalue weighted by Gasteiger charge is -2.15. The van der Waals surface area contributed by atoms with E-state index >= 15 is 0 Å². The van der Waals surface area contributed by atoms with Crippen molar-refractivity contribution in [3.8, 4) is 0 Å². The summed E-state index contributed by atoms with van der Waals surface area (Å²) in [6.07, 6.45) is 0.227. The number of imidazole rings is 1. The van der Waals surface area contributed by atoms with Crippen LogP contribution in [0.2, 0.25) is 0 Å². The first-order valence-corrected chi connectivity index (χ1v) is 12.2. The number of carbonyl (C=O) groups excluding carboxylic acids is 2.